The van der Waals surface area contributed by atoms with Crippen LogP contribution in [0.2, 0.25) is 0 Å². The molecule has 1 spiro atoms. The van der Waals surface area contributed by atoms with Crippen LogP contribution < -0.4 is 5.73 Å². The molecule has 1 aliphatic carbocycles. The molecule has 0 amide bonds. The van der Waals surface area contributed by atoms with E-state index in [1.54, 1.807) is 0 Å². The highest BCUT2D eigenvalue weighted by molar-refractivity contribution is 4.93. The predicted molar refractivity (Wildman–Crippen MR) is 62.8 cm³/mol. The Hall–Kier alpha value is -0.0800. The van der Waals surface area contributed by atoms with Crippen molar-refractivity contribution in [3.63, 3.8) is 0 Å². The van der Waals surface area contributed by atoms with Crippen molar-refractivity contribution in [3.8, 4) is 0 Å². The van der Waals surface area contributed by atoms with E-state index < -0.39 is 0 Å². The van der Waals surface area contributed by atoms with E-state index in [9.17, 15) is 0 Å². The molecule has 2 N–H and O–H groups in total. The Labute approximate surface area is 93.6 Å². The van der Waals surface area contributed by atoms with E-state index in [2.05, 4.69) is 13.8 Å². The summed E-state index contributed by atoms with van der Waals surface area (Å²) in [7, 11) is 0. The van der Waals surface area contributed by atoms with Gasteiger partial charge in [0.1, 0.15) is 0 Å². The summed E-state index contributed by atoms with van der Waals surface area (Å²) in [6.45, 7) is 4.20. The molecule has 0 aromatic carbocycles. The SMILES string of the molecule is CC(C)(N)CC1CCC2(CCCCC2)O1. The van der Waals surface area contributed by atoms with Gasteiger partial charge in [-0.3, -0.25) is 0 Å². The third-order valence-electron chi connectivity index (χ3n) is 3.86. The summed E-state index contributed by atoms with van der Waals surface area (Å²) in [5.41, 5.74) is 6.23. The fourth-order valence-electron chi connectivity index (χ4n) is 3.19. The summed E-state index contributed by atoms with van der Waals surface area (Å²) >= 11 is 0. The Morgan fingerprint density at radius 1 is 1.20 bits per heavy atom. The number of rotatable bonds is 2. The van der Waals surface area contributed by atoms with Gasteiger partial charge in [-0.25, -0.2) is 0 Å². The van der Waals surface area contributed by atoms with E-state index in [4.69, 9.17) is 10.5 Å². The van der Waals surface area contributed by atoms with Crippen LogP contribution in [0.4, 0.5) is 0 Å². The molecule has 0 bridgehead atoms. The zero-order valence-electron chi connectivity index (χ0n) is 10.2. The summed E-state index contributed by atoms with van der Waals surface area (Å²) in [5.74, 6) is 0. The average molecular weight is 211 g/mol. The van der Waals surface area contributed by atoms with Crippen LogP contribution in [-0.4, -0.2) is 17.2 Å². The second-order valence-corrected chi connectivity index (χ2v) is 6.21. The molecule has 1 atom stereocenters. The fraction of sp³-hybridized carbons (Fsp3) is 1.00. The molecule has 15 heavy (non-hydrogen) atoms. The lowest BCUT2D eigenvalue weighted by atomic mass is 9.83. The van der Waals surface area contributed by atoms with Crippen LogP contribution in [0.5, 0.6) is 0 Å². The van der Waals surface area contributed by atoms with Gasteiger partial charge in [-0.05, 0) is 46.0 Å². The lowest BCUT2D eigenvalue weighted by Crippen LogP contribution is -2.38. The Bertz CT molecular complexity index is 213. The lowest BCUT2D eigenvalue weighted by Gasteiger charge is -2.34. The molecule has 0 aromatic rings. The van der Waals surface area contributed by atoms with Crippen LogP contribution in [0.1, 0.15) is 65.2 Å². The highest BCUT2D eigenvalue weighted by Gasteiger charge is 2.41. The predicted octanol–water partition coefficient (Wildman–Crippen LogP) is 3.00. The first kappa shape index (κ1) is 11.4. The number of nitrogens with two attached hydrogens (primary N) is 1. The minimum atomic E-state index is -0.0785. The minimum Gasteiger partial charge on any atom is -0.372 e. The molecule has 1 saturated heterocycles. The molecule has 88 valence electrons. The average Bonchev–Trinajstić information content (AvgIpc) is 2.47. The Morgan fingerprint density at radius 2 is 1.87 bits per heavy atom. The van der Waals surface area contributed by atoms with Crippen LogP contribution in [0.15, 0.2) is 0 Å². The molecule has 2 aliphatic rings. The van der Waals surface area contributed by atoms with E-state index in [0.717, 1.165) is 6.42 Å². The third kappa shape index (κ3) is 2.94. The van der Waals surface area contributed by atoms with E-state index in [0.29, 0.717) is 6.10 Å². The highest BCUT2D eigenvalue weighted by atomic mass is 16.5. The summed E-state index contributed by atoms with van der Waals surface area (Å²) in [6, 6.07) is 0. The normalized spacial score (nSPS) is 31.0. The van der Waals surface area contributed by atoms with E-state index >= 15 is 0 Å². The van der Waals surface area contributed by atoms with Crippen LogP contribution in [0.3, 0.4) is 0 Å². The molecule has 2 heteroatoms. The Morgan fingerprint density at radius 3 is 2.47 bits per heavy atom. The molecular weight excluding hydrogens is 186 g/mol. The summed E-state index contributed by atoms with van der Waals surface area (Å²) < 4.78 is 6.29. The van der Waals surface area contributed by atoms with Gasteiger partial charge in [0.25, 0.3) is 0 Å². The van der Waals surface area contributed by atoms with Crippen molar-refractivity contribution in [3.05, 3.63) is 0 Å². The molecule has 0 radical (unpaired) electrons. The van der Waals surface area contributed by atoms with Gasteiger partial charge in [-0.2, -0.15) is 0 Å². The summed E-state index contributed by atoms with van der Waals surface area (Å²) in [5, 5.41) is 0. The summed E-state index contributed by atoms with van der Waals surface area (Å²) in [4.78, 5) is 0. The van der Waals surface area contributed by atoms with Gasteiger partial charge < -0.3 is 10.5 Å². The Balaban J connectivity index is 1.88. The Kier molecular flexibility index (Phi) is 3.09. The molecule has 2 nitrogen and oxygen atoms in total. The minimum absolute atomic E-state index is 0.0785. The molecule has 1 saturated carbocycles. The molecular formula is C13H25NO. The maximum atomic E-state index is 6.29. The number of hydrogen-bond donors (Lipinski definition) is 1. The van der Waals surface area contributed by atoms with Crippen molar-refractivity contribution in [1.29, 1.82) is 0 Å². The molecule has 2 rings (SSSR count). The molecule has 1 unspecified atom stereocenters. The van der Waals surface area contributed by atoms with Crippen molar-refractivity contribution in [2.24, 2.45) is 5.73 Å². The molecule has 2 fully saturated rings. The first-order valence-corrected chi connectivity index (χ1v) is 6.46. The van der Waals surface area contributed by atoms with Gasteiger partial charge in [0, 0.05) is 5.54 Å². The molecule has 1 heterocycles. The molecule has 0 aromatic heterocycles. The largest absolute Gasteiger partial charge is 0.372 e. The van der Waals surface area contributed by atoms with Crippen molar-refractivity contribution in [1.82, 2.24) is 0 Å². The molecule has 1 aliphatic heterocycles. The number of ether oxygens (including phenoxy) is 1. The third-order valence-corrected chi connectivity index (χ3v) is 3.86. The van der Waals surface area contributed by atoms with Gasteiger partial charge in [0.05, 0.1) is 11.7 Å². The second-order valence-electron chi connectivity index (χ2n) is 6.21. The fourth-order valence-corrected chi connectivity index (χ4v) is 3.19. The summed E-state index contributed by atoms with van der Waals surface area (Å²) in [6.07, 6.45) is 10.6. The number of hydrogen-bond acceptors (Lipinski definition) is 2. The van der Waals surface area contributed by atoms with E-state index in [-0.39, 0.29) is 11.1 Å². The van der Waals surface area contributed by atoms with Crippen molar-refractivity contribution in [2.45, 2.75) is 82.5 Å². The van der Waals surface area contributed by atoms with Gasteiger partial charge in [0.2, 0.25) is 0 Å². The standard InChI is InChI=1S/C13H25NO/c1-12(2,14)10-11-6-9-13(15-11)7-4-3-5-8-13/h11H,3-10,14H2,1-2H3. The smallest absolute Gasteiger partial charge is 0.0687 e. The van der Waals surface area contributed by atoms with Crippen LogP contribution in [-0.2, 0) is 4.74 Å². The van der Waals surface area contributed by atoms with Gasteiger partial charge in [-0.1, -0.05) is 19.3 Å². The van der Waals surface area contributed by atoms with Crippen LogP contribution in [0, 0.1) is 0 Å². The van der Waals surface area contributed by atoms with Gasteiger partial charge in [0.15, 0.2) is 0 Å². The maximum absolute atomic E-state index is 6.29. The van der Waals surface area contributed by atoms with Crippen LogP contribution >= 0.6 is 0 Å². The second kappa shape index (κ2) is 4.06. The van der Waals surface area contributed by atoms with E-state index in [1.807, 2.05) is 0 Å². The zero-order valence-corrected chi connectivity index (χ0v) is 10.2. The van der Waals surface area contributed by atoms with Gasteiger partial charge >= 0.3 is 0 Å². The van der Waals surface area contributed by atoms with Gasteiger partial charge in [-0.15, -0.1) is 0 Å². The van der Waals surface area contributed by atoms with Crippen molar-refractivity contribution < 1.29 is 4.74 Å². The van der Waals surface area contributed by atoms with Crippen molar-refractivity contribution >= 4 is 0 Å². The van der Waals surface area contributed by atoms with Crippen molar-refractivity contribution in [2.75, 3.05) is 0 Å². The van der Waals surface area contributed by atoms with Crippen LogP contribution in [0.25, 0.3) is 0 Å². The first-order chi connectivity index (χ1) is 6.99. The monoisotopic (exact) mass is 211 g/mol. The lowest BCUT2D eigenvalue weighted by molar-refractivity contribution is -0.0698. The zero-order chi connectivity index (χ0) is 10.9. The quantitative estimate of drug-likeness (QED) is 0.762. The maximum Gasteiger partial charge on any atom is 0.0687 e. The van der Waals surface area contributed by atoms with E-state index in [1.165, 1.54) is 44.9 Å². The highest BCUT2D eigenvalue weighted by Crippen LogP contribution is 2.43. The first-order valence-electron chi connectivity index (χ1n) is 6.46. The topological polar surface area (TPSA) is 35.2 Å².